The van der Waals surface area contributed by atoms with Crippen molar-refractivity contribution < 1.29 is 18.9 Å². The molecule has 3 aromatic carbocycles. The van der Waals surface area contributed by atoms with Gasteiger partial charge in [-0.25, -0.2) is 5.01 Å². The quantitative estimate of drug-likeness (QED) is 0.528. The second kappa shape index (κ2) is 8.46. The molecular weight excluding hydrogens is 404 g/mol. The van der Waals surface area contributed by atoms with Crippen LogP contribution in [0.4, 0.5) is 0 Å². The fraction of sp³-hybridized carbons (Fsp3) is 0.269. The minimum atomic E-state index is -0.316. The first-order valence-corrected chi connectivity index (χ1v) is 10.8. The monoisotopic (exact) mass is 430 g/mol. The van der Waals surface area contributed by atoms with Gasteiger partial charge in [0, 0.05) is 23.1 Å². The van der Waals surface area contributed by atoms with E-state index in [9.17, 15) is 0 Å². The van der Waals surface area contributed by atoms with Crippen LogP contribution in [0, 0.1) is 0 Å². The number of ether oxygens (including phenoxy) is 4. The summed E-state index contributed by atoms with van der Waals surface area (Å²) in [4.78, 5) is 0. The van der Waals surface area contributed by atoms with Gasteiger partial charge in [-0.2, -0.15) is 5.10 Å². The van der Waals surface area contributed by atoms with E-state index in [0.29, 0.717) is 18.1 Å². The molecule has 0 aromatic heterocycles. The van der Waals surface area contributed by atoms with Crippen LogP contribution in [-0.2, 0) is 0 Å². The molecule has 0 N–H and O–H groups in total. The molecule has 32 heavy (non-hydrogen) atoms. The maximum absolute atomic E-state index is 6.43. The van der Waals surface area contributed by atoms with E-state index in [0.717, 1.165) is 40.3 Å². The van der Waals surface area contributed by atoms with Gasteiger partial charge in [-0.3, -0.25) is 0 Å². The summed E-state index contributed by atoms with van der Waals surface area (Å²) in [6, 6.07) is 22.3. The van der Waals surface area contributed by atoms with Crippen LogP contribution in [0.2, 0.25) is 0 Å². The van der Waals surface area contributed by atoms with Gasteiger partial charge in [0.1, 0.15) is 11.5 Å². The van der Waals surface area contributed by atoms with Gasteiger partial charge in [-0.1, -0.05) is 18.2 Å². The Morgan fingerprint density at radius 3 is 2.50 bits per heavy atom. The lowest BCUT2D eigenvalue weighted by molar-refractivity contribution is -0.0190. The maximum atomic E-state index is 6.43. The number of fused-ring (bicyclic) bond motifs is 3. The van der Waals surface area contributed by atoms with Gasteiger partial charge < -0.3 is 18.9 Å². The number of hydrogen-bond donors (Lipinski definition) is 0. The summed E-state index contributed by atoms with van der Waals surface area (Å²) in [6.45, 7) is 2.62. The van der Waals surface area contributed by atoms with E-state index < -0.39 is 0 Å². The van der Waals surface area contributed by atoms with Crippen molar-refractivity contribution in [3.05, 3.63) is 83.4 Å². The third-order valence-corrected chi connectivity index (χ3v) is 5.89. The van der Waals surface area contributed by atoms with E-state index >= 15 is 0 Å². The van der Waals surface area contributed by atoms with Crippen LogP contribution in [0.15, 0.2) is 71.8 Å². The van der Waals surface area contributed by atoms with Crippen LogP contribution in [0.1, 0.15) is 42.3 Å². The van der Waals surface area contributed by atoms with Crippen LogP contribution in [0.5, 0.6) is 23.0 Å². The zero-order valence-electron chi connectivity index (χ0n) is 18.4. The lowest BCUT2D eigenvalue weighted by Crippen LogP contribution is -2.33. The Bertz CT molecular complexity index is 1140. The highest BCUT2D eigenvalue weighted by Gasteiger charge is 2.40. The smallest absolute Gasteiger partial charge is 0.213 e. The van der Waals surface area contributed by atoms with Gasteiger partial charge in [0.25, 0.3) is 0 Å². The van der Waals surface area contributed by atoms with Crippen LogP contribution >= 0.6 is 0 Å². The zero-order chi connectivity index (χ0) is 22.1. The fourth-order valence-electron chi connectivity index (χ4n) is 4.34. The topological polar surface area (TPSA) is 52.5 Å². The van der Waals surface area contributed by atoms with Crippen LogP contribution in [0.3, 0.4) is 0 Å². The largest absolute Gasteiger partial charge is 0.494 e. The van der Waals surface area contributed by atoms with E-state index in [-0.39, 0.29) is 12.3 Å². The normalized spacial score (nSPS) is 18.8. The van der Waals surface area contributed by atoms with Gasteiger partial charge >= 0.3 is 0 Å². The second-order valence-corrected chi connectivity index (χ2v) is 7.73. The number of rotatable bonds is 6. The Morgan fingerprint density at radius 1 is 0.969 bits per heavy atom. The first-order chi connectivity index (χ1) is 15.7. The SMILES string of the molecule is CCOc1ccc(C2Oc3ccccc3C3CC(c4ccc(OC)c(OC)c4)=NN32)cc1. The van der Waals surface area contributed by atoms with E-state index in [4.69, 9.17) is 24.0 Å². The van der Waals surface area contributed by atoms with Gasteiger partial charge in [0.15, 0.2) is 11.5 Å². The standard InChI is InChI=1S/C26H26N2O4/c1-4-31-19-12-9-17(10-13-19)26-28-22(20-7-5-6-8-23(20)32-26)16-21(27-28)18-11-14-24(29-2)25(15-18)30-3/h5-15,22,26H,4,16H2,1-3H3. The van der Waals surface area contributed by atoms with Crippen LogP contribution in [0.25, 0.3) is 0 Å². The Labute approximate surface area is 188 Å². The predicted molar refractivity (Wildman–Crippen MR) is 123 cm³/mol. The molecule has 0 spiro atoms. The molecule has 0 fully saturated rings. The molecule has 0 bridgehead atoms. The molecule has 2 atom stereocenters. The van der Waals surface area contributed by atoms with Crippen molar-refractivity contribution in [1.29, 1.82) is 0 Å². The summed E-state index contributed by atoms with van der Waals surface area (Å²) in [6.07, 6.45) is 0.465. The minimum Gasteiger partial charge on any atom is -0.494 e. The van der Waals surface area contributed by atoms with Crippen molar-refractivity contribution in [3.8, 4) is 23.0 Å². The highest BCUT2D eigenvalue weighted by Crippen LogP contribution is 2.47. The lowest BCUT2D eigenvalue weighted by atomic mass is 9.96. The molecule has 0 radical (unpaired) electrons. The molecule has 6 heteroatoms. The number of hydrazone groups is 1. The summed E-state index contributed by atoms with van der Waals surface area (Å²) in [5.74, 6) is 3.14. The van der Waals surface area contributed by atoms with E-state index in [2.05, 4.69) is 11.1 Å². The molecule has 0 saturated heterocycles. The average molecular weight is 431 g/mol. The van der Waals surface area contributed by atoms with Gasteiger partial charge in [-0.05, 0) is 55.5 Å². The van der Waals surface area contributed by atoms with E-state index in [1.54, 1.807) is 14.2 Å². The third kappa shape index (κ3) is 3.51. The number of nitrogens with zero attached hydrogens (tertiary/aromatic N) is 2. The maximum Gasteiger partial charge on any atom is 0.213 e. The molecule has 2 heterocycles. The van der Waals surface area contributed by atoms with Crippen molar-refractivity contribution >= 4 is 5.71 Å². The van der Waals surface area contributed by atoms with Crippen LogP contribution < -0.4 is 18.9 Å². The van der Waals surface area contributed by atoms with Gasteiger partial charge in [-0.15, -0.1) is 0 Å². The molecule has 3 aromatic rings. The molecule has 2 aliphatic heterocycles. The van der Waals surface area contributed by atoms with Crippen molar-refractivity contribution in [2.75, 3.05) is 20.8 Å². The Balaban J connectivity index is 1.53. The van der Waals surface area contributed by atoms with E-state index in [1.807, 2.05) is 67.6 Å². The van der Waals surface area contributed by atoms with Crippen molar-refractivity contribution in [2.45, 2.75) is 25.6 Å². The molecule has 2 aliphatic rings. The Kier molecular flexibility index (Phi) is 5.35. The van der Waals surface area contributed by atoms with Crippen molar-refractivity contribution in [1.82, 2.24) is 5.01 Å². The average Bonchev–Trinajstić information content (AvgIpc) is 3.30. The molecule has 5 rings (SSSR count). The summed E-state index contributed by atoms with van der Waals surface area (Å²) < 4.78 is 22.9. The lowest BCUT2D eigenvalue weighted by Gasteiger charge is -2.38. The molecule has 0 amide bonds. The molecule has 0 saturated carbocycles. The van der Waals surface area contributed by atoms with Gasteiger partial charge in [0.05, 0.1) is 32.6 Å². The second-order valence-electron chi connectivity index (χ2n) is 7.73. The number of hydrogen-bond acceptors (Lipinski definition) is 6. The number of methoxy groups -OCH3 is 2. The van der Waals surface area contributed by atoms with Gasteiger partial charge in [0.2, 0.25) is 6.23 Å². The van der Waals surface area contributed by atoms with E-state index in [1.165, 1.54) is 0 Å². The van der Waals surface area contributed by atoms with Crippen LogP contribution in [-0.4, -0.2) is 31.5 Å². The summed E-state index contributed by atoms with van der Waals surface area (Å²) >= 11 is 0. The third-order valence-electron chi connectivity index (χ3n) is 5.89. The molecular formula is C26H26N2O4. The first kappa shape index (κ1) is 20.2. The summed E-state index contributed by atoms with van der Waals surface area (Å²) in [5, 5.41) is 7.10. The number of benzene rings is 3. The highest BCUT2D eigenvalue weighted by molar-refractivity contribution is 6.02. The molecule has 164 valence electrons. The summed E-state index contributed by atoms with van der Waals surface area (Å²) in [5.41, 5.74) is 4.19. The highest BCUT2D eigenvalue weighted by atomic mass is 16.5. The minimum absolute atomic E-state index is 0.0969. The Hall–Kier alpha value is -3.67. The zero-order valence-corrected chi connectivity index (χ0v) is 18.4. The molecule has 2 unspecified atom stereocenters. The summed E-state index contributed by atoms with van der Waals surface area (Å²) in [7, 11) is 3.29. The van der Waals surface area contributed by atoms with Crippen molar-refractivity contribution in [3.63, 3.8) is 0 Å². The first-order valence-electron chi connectivity index (χ1n) is 10.8. The Morgan fingerprint density at radius 2 is 1.75 bits per heavy atom. The molecule has 6 nitrogen and oxygen atoms in total. The fourth-order valence-corrected chi connectivity index (χ4v) is 4.34. The predicted octanol–water partition coefficient (Wildman–Crippen LogP) is 5.34. The number of para-hydroxylation sites is 1. The van der Waals surface area contributed by atoms with Crippen molar-refractivity contribution in [2.24, 2.45) is 5.10 Å². The molecule has 0 aliphatic carbocycles.